The highest BCUT2D eigenvalue weighted by Crippen LogP contribution is 2.31. The van der Waals surface area contributed by atoms with Gasteiger partial charge in [-0.05, 0) is 19.1 Å². The predicted octanol–water partition coefficient (Wildman–Crippen LogP) is 2.74. The van der Waals surface area contributed by atoms with Gasteiger partial charge in [-0.3, -0.25) is 9.78 Å². The summed E-state index contributed by atoms with van der Waals surface area (Å²) in [6.07, 6.45) is 1.22. The predicted molar refractivity (Wildman–Crippen MR) is 96.1 cm³/mol. The second kappa shape index (κ2) is 7.19. The number of carbonyl (C=O) groups is 1. The molecule has 1 atom stereocenters. The van der Waals surface area contributed by atoms with Gasteiger partial charge in [-0.1, -0.05) is 0 Å². The number of H-pyrrole nitrogens is 1. The molecule has 3 rings (SSSR count). The topological polar surface area (TPSA) is 112 Å². The summed E-state index contributed by atoms with van der Waals surface area (Å²) in [5.74, 6) is -0.885. The number of aromatic amines is 1. The molecule has 3 aromatic rings. The lowest BCUT2D eigenvalue weighted by Crippen LogP contribution is -2.47. The number of alkyl halides is 3. The van der Waals surface area contributed by atoms with Gasteiger partial charge in [0.05, 0.1) is 17.4 Å². The Morgan fingerprint density at radius 3 is 2.75 bits per heavy atom. The highest BCUT2D eigenvalue weighted by Gasteiger charge is 2.34. The molecule has 0 unspecified atom stereocenters. The number of fused-ring (bicyclic) bond motifs is 1. The van der Waals surface area contributed by atoms with Gasteiger partial charge in [0.15, 0.2) is 0 Å². The zero-order valence-corrected chi connectivity index (χ0v) is 14.7. The Hall–Kier alpha value is -3.61. The number of nitriles is 1. The third-order valence-electron chi connectivity index (χ3n) is 4.26. The summed E-state index contributed by atoms with van der Waals surface area (Å²) in [6, 6.07) is 3.92. The lowest BCUT2D eigenvalue weighted by molar-refractivity contribution is -0.125. The number of primary amides is 1. The van der Waals surface area contributed by atoms with Crippen molar-refractivity contribution in [2.45, 2.75) is 19.1 Å². The number of anilines is 1. The number of nitrogens with zero attached hydrogens (tertiary/aromatic N) is 4. The molecule has 0 saturated carbocycles. The lowest BCUT2D eigenvalue weighted by atomic mass is 10.1. The molecular weight excluding hydrogens is 373 g/mol. The summed E-state index contributed by atoms with van der Waals surface area (Å²) < 4.78 is 39.1. The molecule has 144 valence electrons. The van der Waals surface area contributed by atoms with E-state index in [-0.39, 0.29) is 5.69 Å². The van der Waals surface area contributed by atoms with Gasteiger partial charge >= 0.3 is 6.18 Å². The van der Waals surface area contributed by atoms with E-state index in [0.29, 0.717) is 27.7 Å². The fourth-order valence-corrected chi connectivity index (χ4v) is 2.83. The van der Waals surface area contributed by atoms with Gasteiger partial charge in [-0.2, -0.15) is 18.4 Å². The minimum atomic E-state index is -4.54. The number of pyridine rings is 2. The maximum Gasteiger partial charge on any atom is 0.405 e. The monoisotopic (exact) mass is 388 g/mol. The van der Waals surface area contributed by atoms with E-state index in [2.05, 4.69) is 15.0 Å². The van der Waals surface area contributed by atoms with E-state index in [9.17, 15) is 18.0 Å². The Morgan fingerprint density at radius 2 is 2.11 bits per heavy atom. The van der Waals surface area contributed by atoms with Gasteiger partial charge in [0, 0.05) is 35.1 Å². The van der Waals surface area contributed by atoms with Crippen LogP contribution < -0.4 is 10.6 Å². The number of amides is 1. The number of hydrogen-bond acceptors (Lipinski definition) is 5. The molecule has 0 aliphatic heterocycles. The van der Waals surface area contributed by atoms with Crippen LogP contribution in [0.5, 0.6) is 0 Å². The van der Waals surface area contributed by atoms with E-state index >= 15 is 0 Å². The van der Waals surface area contributed by atoms with Crippen LogP contribution >= 0.6 is 0 Å². The molecule has 0 aliphatic rings. The summed E-state index contributed by atoms with van der Waals surface area (Å²) in [6.45, 7) is -0.0498. The van der Waals surface area contributed by atoms with E-state index in [1.807, 2.05) is 6.07 Å². The van der Waals surface area contributed by atoms with E-state index in [1.54, 1.807) is 12.3 Å². The summed E-state index contributed by atoms with van der Waals surface area (Å²) in [5, 5.41) is 9.69. The maximum atomic E-state index is 13.0. The van der Waals surface area contributed by atoms with E-state index in [4.69, 9.17) is 11.0 Å². The average molecular weight is 388 g/mol. The third-order valence-corrected chi connectivity index (χ3v) is 4.26. The smallest absolute Gasteiger partial charge is 0.368 e. The fraction of sp³-hybridized carbons (Fsp3) is 0.222. The molecule has 3 heterocycles. The second-order valence-corrected chi connectivity index (χ2v) is 6.19. The van der Waals surface area contributed by atoms with Crippen LogP contribution in [0.1, 0.15) is 12.5 Å². The number of nitrogens with two attached hydrogens (primary N) is 1. The van der Waals surface area contributed by atoms with Crippen molar-refractivity contribution in [3.8, 4) is 17.2 Å². The highest BCUT2D eigenvalue weighted by atomic mass is 19.4. The van der Waals surface area contributed by atoms with Crippen LogP contribution in [0.15, 0.2) is 36.9 Å². The first-order chi connectivity index (χ1) is 13.2. The van der Waals surface area contributed by atoms with Crippen molar-refractivity contribution < 1.29 is 18.0 Å². The van der Waals surface area contributed by atoms with Crippen molar-refractivity contribution in [1.82, 2.24) is 15.0 Å². The molecule has 0 saturated heterocycles. The second-order valence-electron chi connectivity index (χ2n) is 6.19. The largest absolute Gasteiger partial charge is 0.405 e. The Bertz CT molecular complexity index is 1070. The van der Waals surface area contributed by atoms with Crippen LogP contribution in [0.25, 0.3) is 22.2 Å². The molecule has 3 N–H and O–H groups in total. The zero-order chi connectivity index (χ0) is 20.5. The van der Waals surface area contributed by atoms with E-state index in [0.717, 1.165) is 4.90 Å². The van der Waals surface area contributed by atoms with Gasteiger partial charge in [-0.25, -0.2) is 4.98 Å². The number of hydrogen-bond donors (Lipinski definition) is 2. The Morgan fingerprint density at radius 1 is 1.36 bits per heavy atom. The van der Waals surface area contributed by atoms with Crippen molar-refractivity contribution in [3.63, 3.8) is 0 Å². The normalized spacial score (nSPS) is 12.5. The van der Waals surface area contributed by atoms with Crippen molar-refractivity contribution >= 4 is 22.6 Å². The maximum absolute atomic E-state index is 13.0. The first-order valence-electron chi connectivity index (χ1n) is 8.15. The summed E-state index contributed by atoms with van der Waals surface area (Å²) in [4.78, 5) is 23.5. The van der Waals surface area contributed by atoms with Gasteiger partial charge < -0.3 is 15.6 Å². The van der Waals surface area contributed by atoms with Crippen LogP contribution in [-0.4, -0.2) is 39.6 Å². The van der Waals surface area contributed by atoms with Crippen molar-refractivity contribution in [3.05, 3.63) is 42.5 Å². The minimum absolute atomic E-state index is 0.0971. The van der Waals surface area contributed by atoms with E-state index < -0.39 is 24.7 Å². The molecule has 7 nitrogen and oxygen atoms in total. The third kappa shape index (κ3) is 3.88. The number of rotatable bonds is 5. The van der Waals surface area contributed by atoms with Crippen LogP contribution in [0.2, 0.25) is 0 Å². The molecule has 1 amide bonds. The average Bonchev–Trinajstić information content (AvgIpc) is 3.08. The molecule has 0 radical (unpaired) electrons. The SMILES string of the molecule is C[C@H](C(N)=O)N(CC(F)(F)F)c1cncc(-c2c[nH]c3ncc(C#N)cc23)c1. The molecule has 0 aliphatic carbocycles. The van der Waals surface area contributed by atoms with Crippen LogP contribution in [0.4, 0.5) is 18.9 Å². The van der Waals surface area contributed by atoms with Crippen molar-refractivity contribution in [2.24, 2.45) is 5.73 Å². The summed E-state index contributed by atoms with van der Waals surface area (Å²) >= 11 is 0. The zero-order valence-electron chi connectivity index (χ0n) is 14.7. The molecular formula is C18H15F3N6O. The summed E-state index contributed by atoms with van der Waals surface area (Å²) in [7, 11) is 0. The van der Waals surface area contributed by atoms with Crippen LogP contribution in [0.3, 0.4) is 0 Å². The Kier molecular flexibility index (Phi) is 4.92. The molecule has 10 heteroatoms. The van der Waals surface area contributed by atoms with Crippen molar-refractivity contribution in [1.29, 1.82) is 5.26 Å². The highest BCUT2D eigenvalue weighted by molar-refractivity contribution is 5.94. The molecule has 0 fully saturated rings. The van der Waals surface area contributed by atoms with E-state index in [1.165, 1.54) is 31.6 Å². The van der Waals surface area contributed by atoms with Crippen LogP contribution in [-0.2, 0) is 4.79 Å². The van der Waals surface area contributed by atoms with Crippen LogP contribution in [0, 0.1) is 11.3 Å². The molecule has 0 bridgehead atoms. The standard InChI is InChI=1S/C18H15F3N6O/c1-10(16(23)28)27(9-18(19,20)21)13-3-12(6-24-7-13)15-8-26-17-14(15)2-11(4-22)5-25-17/h2-3,5-8,10H,9H2,1H3,(H2,23,28)(H,25,26)/t10-/m1/s1. The molecule has 3 aromatic heterocycles. The van der Waals surface area contributed by atoms with Gasteiger partial charge in [0.25, 0.3) is 0 Å². The number of nitrogens with one attached hydrogen (secondary N) is 1. The molecule has 28 heavy (non-hydrogen) atoms. The minimum Gasteiger partial charge on any atom is -0.368 e. The quantitative estimate of drug-likeness (QED) is 0.698. The summed E-state index contributed by atoms with van der Waals surface area (Å²) in [5.41, 5.74) is 7.31. The lowest BCUT2D eigenvalue weighted by Gasteiger charge is -2.30. The van der Waals surface area contributed by atoms with Crippen molar-refractivity contribution in [2.75, 3.05) is 11.4 Å². The fourth-order valence-electron chi connectivity index (χ4n) is 2.83. The Labute approximate surface area is 157 Å². The number of aromatic nitrogens is 3. The number of halogens is 3. The van der Waals surface area contributed by atoms with Gasteiger partial charge in [-0.15, -0.1) is 0 Å². The Balaban J connectivity index is 2.08. The number of carbonyl (C=O) groups excluding carboxylic acids is 1. The molecule has 0 spiro atoms. The van der Waals surface area contributed by atoms with Gasteiger partial charge in [0.1, 0.15) is 24.3 Å². The molecule has 0 aromatic carbocycles. The first-order valence-corrected chi connectivity index (χ1v) is 8.15. The first kappa shape index (κ1) is 19.2. The van der Waals surface area contributed by atoms with Gasteiger partial charge in [0.2, 0.25) is 5.91 Å².